The fourth-order valence-corrected chi connectivity index (χ4v) is 2.11. The second kappa shape index (κ2) is 4.52. The molecule has 0 unspecified atom stereocenters. The number of anilines is 1. The van der Waals surface area contributed by atoms with E-state index in [0.717, 1.165) is 17.0 Å². The Bertz CT molecular complexity index is 816. The number of hydrogen-bond donors (Lipinski definition) is 1. The zero-order chi connectivity index (χ0) is 14.3. The van der Waals surface area contributed by atoms with E-state index in [0.29, 0.717) is 5.52 Å². The number of nitrogen functional groups attached to an aromatic ring is 1. The molecule has 0 radical (unpaired) electrons. The lowest BCUT2D eigenvalue weighted by Crippen LogP contribution is -2.00. The molecule has 1 heterocycles. The molecule has 100 valence electrons. The molecule has 1 aromatic heterocycles. The van der Waals surface area contributed by atoms with Gasteiger partial charge in [-0.05, 0) is 30.7 Å². The highest BCUT2D eigenvalue weighted by atomic mass is 19.1. The molecule has 3 aromatic rings. The molecule has 0 spiro atoms. The first kappa shape index (κ1) is 12.5. The van der Waals surface area contributed by atoms with Gasteiger partial charge in [0.1, 0.15) is 17.5 Å². The van der Waals surface area contributed by atoms with Gasteiger partial charge in [0.15, 0.2) is 5.82 Å². The fraction of sp³-hybridized carbons (Fsp3) is 0.0667. The monoisotopic (exact) mass is 271 g/mol. The predicted octanol–water partition coefficient (Wildman–Crippen LogP) is 3.47. The number of para-hydroxylation sites is 1. The predicted molar refractivity (Wildman–Crippen MR) is 74.0 cm³/mol. The minimum atomic E-state index is -0.711. The molecule has 0 aliphatic heterocycles. The van der Waals surface area contributed by atoms with E-state index in [-0.39, 0.29) is 17.2 Å². The number of hydrogen-bond acceptors (Lipinski definition) is 3. The summed E-state index contributed by atoms with van der Waals surface area (Å²) >= 11 is 0. The Labute approximate surface area is 114 Å². The van der Waals surface area contributed by atoms with Crippen LogP contribution in [0, 0.1) is 18.6 Å². The van der Waals surface area contributed by atoms with Gasteiger partial charge < -0.3 is 5.73 Å². The highest BCUT2D eigenvalue weighted by Gasteiger charge is 2.12. The summed E-state index contributed by atoms with van der Waals surface area (Å²) in [4.78, 5) is 8.45. The maximum Gasteiger partial charge on any atom is 0.165 e. The largest absolute Gasteiger partial charge is 0.383 e. The summed E-state index contributed by atoms with van der Waals surface area (Å²) in [7, 11) is 0. The highest BCUT2D eigenvalue weighted by Crippen LogP contribution is 2.26. The van der Waals surface area contributed by atoms with Crippen LogP contribution >= 0.6 is 0 Å². The lowest BCUT2D eigenvalue weighted by molar-refractivity contribution is 0.585. The summed E-state index contributed by atoms with van der Waals surface area (Å²) in [5.74, 6) is -0.923. The second-order valence-corrected chi connectivity index (χ2v) is 4.53. The number of aromatic nitrogens is 2. The topological polar surface area (TPSA) is 51.8 Å². The molecule has 0 bridgehead atoms. The molecule has 0 fully saturated rings. The second-order valence-electron chi connectivity index (χ2n) is 4.53. The maximum atomic E-state index is 13.8. The fourth-order valence-electron chi connectivity index (χ4n) is 2.11. The van der Waals surface area contributed by atoms with Crippen LogP contribution < -0.4 is 5.73 Å². The molecule has 20 heavy (non-hydrogen) atoms. The Morgan fingerprint density at radius 1 is 1.05 bits per heavy atom. The van der Waals surface area contributed by atoms with Gasteiger partial charge in [-0.15, -0.1) is 0 Å². The summed E-state index contributed by atoms with van der Waals surface area (Å²) in [6.45, 7) is 1.89. The Balaban J connectivity index is 2.29. The Kier molecular flexibility index (Phi) is 2.82. The molecular formula is C15H11F2N3. The number of rotatable bonds is 1. The van der Waals surface area contributed by atoms with E-state index in [1.54, 1.807) is 0 Å². The van der Waals surface area contributed by atoms with Crippen LogP contribution in [0.4, 0.5) is 14.6 Å². The Morgan fingerprint density at radius 2 is 1.85 bits per heavy atom. The minimum Gasteiger partial charge on any atom is -0.383 e. The van der Waals surface area contributed by atoms with Gasteiger partial charge in [0.2, 0.25) is 0 Å². The van der Waals surface area contributed by atoms with E-state index in [4.69, 9.17) is 5.73 Å². The summed E-state index contributed by atoms with van der Waals surface area (Å²) in [5, 5.41) is 0.719. The van der Waals surface area contributed by atoms with Crippen LogP contribution in [0.3, 0.4) is 0 Å². The van der Waals surface area contributed by atoms with E-state index >= 15 is 0 Å². The van der Waals surface area contributed by atoms with Crippen LogP contribution in [0.1, 0.15) is 5.56 Å². The van der Waals surface area contributed by atoms with E-state index < -0.39 is 11.6 Å². The van der Waals surface area contributed by atoms with Gasteiger partial charge in [-0.25, -0.2) is 18.7 Å². The van der Waals surface area contributed by atoms with Gasteiger partial charge in [0, 0.05) is 11.5 Å². The van der Waals surface area contributed by atoms with Crippen LogP contribution in [0.15, 0.2) is 36.4 Å². The third kappa shape index (κ3) is 1.97. The summed E-state index contributed by atoms with van der Waals surface area (Å²) in [6.07, 6.45) is 0. The number of fused-ring (bicyclic) bond motifs is 1. The molecule has 3 nitrogen and oxygen atoms in total. The SMILES string of the molecule is Cc1cccc2c(N)nc(-c3ccc(F)cc3F)nc12. The molecule has 5 heteroatoms. The van der Waals surface area contributed by atoms with Crippen molar-refractivity contribution in [3.8, 4) is 11.4 Å². The van der Waals surface area contributed by atoms with Crippen molar-refractivity contribution in [2.24, 2.45) is 0 Å². The average molecular weight is 271 g/mol. The van der Waals surface area contributed by atoms with Crippen molar-refractivity contribution < 1.29 is 8.78 Å². The normalized spacial score (nSPS) is 10.9. The van der Waals surface area contributed by atoms with Gasteiger partial charge in [-0.1, -0.05) is 12.1 Å². The Morgan fingerprint density at radius 3 is 2.60 bits per heavy atom. The van der Waals surface area contributed by atoms with Crippen molar-refractivity contribution in [2.45, 2.75) is 6.92 Å². The highest BCUT2D eigenvalue weighted by molar-refractivity contribution is 5.91. The zero-order valence-electron chi connectivity index (χ0n) is 10.7. The molecule has 0 aliphatic carbocycles. The lowest BCUT2D eigenvalue weighted by Gasteiger charge is -2.08. The first-order chi connectivity index (χ1) is 9.56. The number of nitrogens with zero attached hydrogens (tertiary/aromatic N) is 2. The summed E-state index contributed by atoms with van der Waals surface area (Å²) in [6, 6.07) is 8.83. The molecule has 2 N–H and O–H groups in total. The van der Waals surface area contributed by atoms with Gasteiger partial charge in [-0.2, -0.15) is 0 Å². The number of benzene rings is 2. The lowest BCUT2D eigenvalue weighted by atomic mass is 10.1. The number of halogens is 2. The molecular weight excluding hydrogens is 260 g/mol. The van der Waals surface area contributed by atoms with Crippen LogP contribution in [-0.4, -0.2) is 9.97 Å². The molecule has 0 saturated carbocycles. The minimum absolute atomic E-state index is 0.128. The van der Waals surface area contributed by atoms with Crippen molar-refractivity contribution in [1.82, 2.24) is 9.97 Å². The quantitative estimate of drug-likeness (QED) is 0.737. The van der Waals surface area contributed by atoms with Crippen molar-refractivity contribution in [3.05, 3.63) is 53.6 Å². The van der Waals surface area contributed by atoms with Crippen molar-refractivity contribution in [2.75, 3.05) is 5.73 Å². The summed E-state index contributed by atoms with van der Waals surface area (Å²) in [5.41, 5.74) is 7.61. The van der Waals surface area contributed by atoms with Gasteiger partial charge in [0.05, 0.1) is 11.1 Å². The van der Waals surface area contributed by atoms with Crippen LogP contribution in [0.25, 0.3) is 22.3 Å². The van der Waals surface area contributed by atoms with Gasteiger partial charge >= 0.3 is 0 Å². The standard InChI is InChI=1S/C15H11F2N3/c1-8-3-2-4-11-13(8)19-15(20-14(11)18)10-6-5-9(16)7-12(10)17/h2-7H,1H3,(H2,18,19,20). The van der Waals surface area contributed by atoms with Crippen molar-refractivity contribution in [1.29, 1.82) is 0 Å². The van der Waals surface area contributed by atoms with Crippen LogP contribution in [-0.2, 0) is 0 Å². The van der Waals surface area contributed by atoms with Gasteiger partial charge in [-0.3, -0.25) is 0 Å². The van der Waals surface area contributed by atoms with Crippen molar-refractivity contribution >= 4 is 16.7 Å². The average Bonchev–Trinajstić information content (AvgIpc) is 2.40. The number of aryl methyl sites for hydroxylation is 1. The third-order valence-corrected chi connectivity index (χ3v) is 3.13. The van der Waals surface area contributed by atoms with Crippen molar-refractivity contribution in [3.63, 3.8) is 0 Å². The molecule has 0 aliphatic rings. The Hall–Kier alpha value is -2.56. The number of nitrogens with two attached hydrogens (primary N) is 1. The van der Waals surface area contributed by atoms with Crippen LogP contribution in [0.5, 0.6) is 0 Å². The summed E-state index contributed by atoms with van der Waals surface area (Å²) < 4.78 is 26.8. The zero-order valence-corrected chi connectivity index (χ0v) is 10.7. The molecule has 0 atom stereocenters. The first-order valence-electron chi connectivity index (χ1n) is 6.04. The van der Waals surface area contributed by atoms with Crippen LogP contribution in [0.2, 0.25) is 0 Å². The van der Waals surface area contributed by atoms with E-state index in [9.17, 15) is 8.78 Å². The van der Waals surface area contributed by atoms with E-state index in [1.165, 1.54) is 12.1 Å². The molecule has 3 rings (SSSR count). The molecule has 0 saturated heterocycles. The third-order valence-electron chi connectivity index (χ3n) is 3.13. The first-order valence-corrected chi connectivity index (χ1v) is 6.04. The maximum absolute atomic E-state index is 13.8. The molecule has 0 amide bonds. The smallest absolute Gasteiger partial charge is 0.165 e. The molecule has 2 aromatic carbocycles. The van der Waals surface area contributed by atoms with Gasteiger partial charge in [0.25, 0.3) is 0 Å². The van der Waals surface area contributed by atoms with E-state index in [2.05, 4.69) is 9.97 Å². The van der Waals surface area contributed by atoms with E-state index in [1.807, 2.05) is 25.1 Å².